The molecule has 0 saturated heterocycles. The van der Waals surface area contributed by atoms with E-state index < -0.39 is 0 Å². The minimum Gasteiger partial charge on any atom is -0.493 e. The standard InChI is InChI=1S/C32H33N5O3/c1-38-31-22-25(11-14-30(31)39-21-7-3-2-6-19-37-20-18-34-23-37)29-16-15-28(40-29)24-9-12-26(13-10-24)36-32(33)27-8-4-5-17-35-27/h4-5,8-18,20,22-23H,2-3,6-7,19,21H2,1H3,(H2,33,36). The van der Waals surface area contributed by atoms with Crippen molar-refractivity contribution in [1.29, 1.82) is 0 Å². The van der Waals surface area contributed by atoms with E-state index in [1.54, 1.807) is 13.3 Å². The zero-order valence-electron chi connectivity index (χ0n) is 22.6. The predicted octanol–water partition coefficient (Wildman–Crippen LogP) is 6.89. The molecule has 5 rings (SSSR count). The van der Waals surface area contributed by atoms with Crippen LogP contribution in [0.1, 0.15) is 31.4 Å². The average molecular weight is 536 g/mol. The number of hydrogen-bond donors (Lipinski definition) is 1. The maximum absolute atomic E-state index is 6.18. The van der Waals surface area contributed by atoms with Crippen LogP contribution < -0.4 is 15.2 Å². The monoisotopic (exact) mass is 535 g/mol. The van der Waals surface area contributed by atoms with Crippen molar-refractivity contribution in [3.63, 3.8) is 0 Å². The summed E-state index contributed by atoms with van der Waals surface area (Å²) in [5.41, 5.74) is 9.34. The van der Waals surface area contributed by atoms with Crippen LogP contribution in [0.3, 0.4) is 0 Å². The van der Waals surface area contributed by atoms with Gasteiger partial charge in [0.15, 0.2) is 11.5 Å². The Morgan fingerprint density at radius 1 is 0.875 bits per heavy atom. The first-order valence-corrected chi connectivity index (χ1v) is 13.4. The molecule has 3 aromatic heterocycles. The molecule has 0 aliphatic carbocycles. The zero-order valence-corrected chi connectivity index (χ0v) is 22.6. The first-order chi connectivity index (χ1) is 19.7. The molecule has 0 bridgehead atoms. The zero-order chi connectivity index (χ0) is 27.6. The number of ether oxygens (including phenoxy) is 2. The Morgan fingerprint density at radius 2 is 1.68 bits per heavy atom. The maximum Gasteiger partial charge on any atom is 0.161 e. The molecule has 40 heavy (non-hydrogen) atoms. The van der Waals surface area contributed by atoms with Crippen molar-refractivity contribution >= 4 is 11.5 Å². The van der Waals surface area contributed by atoms with Crippen molar-refractivity contribution in [2.45, 2.75) is 32.2 Å². The summed E-state index contributed by atoms with van der Waals surface area (Å²) in [5, 5.41) is 0. The molecule has 2 aromatic carbocycles. The molecule has 0 spiro atoms. The van der Waals surface area contributed by atoms with E-state index >= 15 is 0 Å². The Bertz CT molecular complexity index is 1510. The third kappa shape index (κ3) is 6.96. The van der Waals surface area contributed by atoms with Gasteiger partial charge in [-0.15, -0.1) is 0 Å². The Morgan fingerprint density at radius 3 is 2.42 bits per heavy atom. The van der Waals surface area contributed by atoms with Gasteiger partial charge >= 0.3 is 0 Å². The third-order valence-electron chi connectivity index (χ3n) is 6.51. The number of pyridine rings is 1. The van der Waals surface area contributed by atoms with Crippen molar-refractivity contribution in [1.82, 2.24) is 14.5 Å². The van der Waals surface area contributed by atoms with Crippen LogP contribution in [0.25, 0.3) is 22.6 Å². The summed E-state index contributed by atoms with van der Waals surface area (Å²) in [6.07, 6.45) is 11.8. The fraction of sp³-hybridized carbons (Fsp3) is 0.219. The third-order valence-corrected chi connectivity index (χ3v) is 6.51. The van der Waals surface area contributed by atoms with Crippen LogP contribution in [0.4, 0.5) is 5.69 Å². The molecular weight excluding hydrogens is 502 g/mol. The molecule has 0 saturated carbocycles. The number of furan rings is 1. The number of nitrogens with two attached hydrogens (primary N) is 1. The van der Waals surface area contributed by atoms with E-state index in [1.165, 1.54) is 0 Å². The van der Waals surface area contributed by atoms with Gasteiger partial charge in [-0.25, -0.2) is 9.98 Å². The number of nitrogens with zero attached hydrogens (tertiary/aromatic N) is 4. The molecule has 5 aromatic rings. The lowest BCUT2D eigenvalue weighted by Gasteiger charge is -2.12. The molecular formula is C32H33N5O3. The highest BCUT2D eigenvalue weighted by Crippen LogP contribution is 2.35. The van der Waals surface area contributed by atoms with Gasteiger partial charge in [-0.3, -0.25) is 4.98 Å². The van der Waals surface area contributed by atoms with E-state index in [1.807, 2.05) is 91.5 Å². The Kier molecular flexibility index (Phi) is 8.88. The van der Waals surface area contributed by atoms with Crippen molar-refractivity contribution in [2.75, 3.05) is 13.7 Å². The lowest BCUT2D eigenvalue weighted by atomic mass is 10.1. The van der Waals surface area contributed by atoms with Crippen molar-refractivity contribution in [3.8, 4) is 34.1 Å². The van der Waals surface area contributed by atoms with E-state index in [0.717, 1.165) is 66.3 Å². The fourth-order valence-corrected chi connectivity index (χ4v) is 4.35. The summed E-state index contributed by atoms with van der Waals surface area (Å²) >= 11 is 0. The Hall–Kier alpha value is -4.85. The number of benzene rings is 2. The van der Waals surface area contributed by atoms with Crippen molar-refractivity contribution < 1.29 is 13.9 Å². The lowest BCUT2D eigenvalue weighted by Crippen LogP contribution is -2.14. The first-order valence-electron chi connectivity index (χ1n) is 13.4. The number of aryl methyl sites for hydroxylation is 1. The van der Waals surface area contributed by atoms with Crippen LogP contribution in [0.15, 0.2) is 107 Å². The number of aromatic nitrogens is 3. The Balaban J connectivity index is 1.16. The second-order valence-corrected chi connectivity index (χ2v) is 9.35. The summed E-state index contributed by atoms with van der Waals surface area (Å²) in [5.74, 6) is 3.30. The van der Waals surface area contributed by atoms with Crippen molar-refractivity contribution in [2.24, 2.45) is 10.7 Å². The number of rotatable bonds is 13. The second-order valence-electron chi connectivity index (χ2n) is 9.35. The fourth-order valence-electron chi connectivity index (χ4n) is 4.35. The predicted molar refractivity (Wildman–Crippen MR) is 157 cm³/mol. The number of aliphatic imine (C=N–C) groups is 1. The number of methoxy groups -OCH3 is 1. The van der Waals surface area contributed by atoms with Crippen LogP contribution in [0, 0.1) is 0 Å². The molecule has 8 heteroatoms. The Labute approximate surface area is 234 Å². The summed E-state index contributed by atoms with van der Waals surface area (Å²) in [6, 6.07) is 23.1. The molecule has 0 amide bonds. The van der Waals surface area contributed by atoms with Crippen LogP contribution in [0.2, 0.25) is 0 Å². The molecule has 0 atom stereocenters. The van der Waals surface area contributed by atoms with E-state index in [0.29, 0.717) is 23.9 Å². The summed E-state index contributed by atoms with van der Waals surface area (Å²) < 4.78 is 19.9. The van der Waals surface area contributed by atoms with Crippen LogP contribution >= 0.6 is 0 Å². The lowest BCUT2D eigenvalue weighted by molar-refractivity contribution is 0.284. The summed E-state index contributed by atoms with van der Waals surface area (Å²) in [6.45, 7) is 1.66. The topological polar surface area (TPSA) is 101 Å². The molecule has 2 N–H and O–H groups in total. The van der Waals surface area contributed by atoms with E-state index in [-0.39, 0.29) is 0 Å². The molecule has 8 nitrogen and oxygen atoms in total. The van der Waals surface area contributed by atoms with Gasteiger partial charge in [0.1, 0.15) is 23.1 Å². The van der Waals surface area contributed by atoms with Gasteiger partial charge < -0.3 is 24.2 Å². The van der Waals surface area contributed by atoms with Gasteiger partial charge in [0.25, 0.3) is 0 Å². The van der Waals surface area contributed by atoms with E-state index in [9.17, 15) is 0 Å². The highest BCUT2D eigenvalue weighted by atomic mass is 16.5. The largest absolute Gasteiger partial charge is 0.493 e. The number of amidine groups is 1. The van der Waals surface area contributed by atoms with Gasteiger partial charge in [-0.1, -0.05) is 18.9 Å². The van der Waals surface area contributed by atoms with Gasteiger partial charge in [0.05, 0.1) is 25.7 Å². The normalized spacial score (nSPS) is 11.5. The molecule has 0 aliphatic heterocycles. The number of imidazole rings is 1. The number of unbranched alkanes of at least 4 members (excludes halogenated alkanes) is 3. The molecule has 0 aliphatic rings. The van der Waals surface area contributed by atoms with Crippen LogP contribution in [-0.2, 0) is 6.54 Å². The van der Waals surface area contributed by atoms with Crippen LogP contribution in [-0.4, -0.2) is 34.1 Å². The molecule has 204 valence electrons. The second kappa shape index (κ2) is 13.3. The van der Waals surface area contributed by atoms with E-state index in [2.05, 4.69) is 19.5 Å². The molecule has 0 fully saturated rings. The first kappa shape index (κ1) is 26.7. The number of hydrogen-bond acceptors (Lipinski definition) is 6. The highest BCUT2D eigenvalue weighted by molar-refractivity contribution is 5.97. The minimum atomic E-state index is 0.372. The van der Waals surface area contributed by atoms with Gasteiger partial charge in [-0.2, -0.15) is 0 Å². The summed E-state index contributed by atoms with van der Waals surface area (Å²) in [7, 11) is 1.65. The quantitative estimate of drug-likeness (QED) is 0.100. The SMILES string of the molecule is COc1cc(-c2ccc(-c3ccc(N=C(N)c4ccccn4)cc3)o2)ccc1OCCCCCCn1ccnc1. The average Bonchev–Trinajstić information content (AvgIpc) is 3.71. The van der Waals surface area contributed by atoms with Gasteiger partial charge in [0, 0.05) is 36.3 Å². The van der Waals surface area contributed by atoms with E-state index in [4.69, 9.17) is 19.6 Å². The molecule has 0 unspecified atom stereocenters. The molecule has 0 radical (unpaired) electrons. The minimum absolute atomic E-state index is 0.372. The summed E-state index contributed by atoms with van der Waals surface area (Å²) in [4.78, 5) is 12.8. The van der Waals surface area contributed by atoms with Crippen LogP contribution in [0.5, 0.6) is 11.5 Å². The van der Waals surface area contributed by atoms with Crippen molar-refractivity contribution in [3.05, 3.63) is 103 Å². The molecule has 3 heterocycles. The smallest absolute Gasteiger partial charge is 0.161 e. The highest BCUT2D eigenvalue weighted by Gasteiger charge is 2.12. The van der Waals surface area contributed by atoms with Gasteiger partial charge in [-0.05, 0) is 79.6 Å². The maximum atomic E-state index is 6.18. The van der Waals surface area contributed by atoms with Gasteiger partial charge in [0.2, 0.25) is 0 Å².